The van der Waals surface area contributed by atoms with Crippen molar-refractivity contribution < 1.29 is 50.9 Å². The minimum Gasteiger partial charge on any atom is -0.748 e. The van der Waals surface area contributed by atoms with Gasteiger partial charge in [-0.05, 0) is 67.1 Å². The summed E-state index contributed by atoms with van der Waals surface area (Å²) in [4.78, 5) is 0. The summed E-state index contributed by atoms with van der Waals surface area (Å²) in [5.41, 5.74) is 0. The second-order valence-electron chi connectivity index (χ2n) is 3.89. The first-order valence-electron chi connectivity index (χ1n) is 4.71. The van der Waals surface area contributed by atoms with Gasteiger partial charge < -0.3 is 4.55 Å². The molecule has 0 aromatic rings. The summed E-state index contributed by atoms with van der Waals surface area (Å²) in [5.74, 6) is 0. The fraction of sp³-hybridized carbons (Fsp3) is 1.00. The molecule has 5 nitrogen and oxygen atoms in total. The Bertz CT molecular complexity index is 484. The predicted molar refractivity (Wildman–Crippen MR) is 74.2 cm³/mol. The predicted octanol–water partition coefficient (Wildman–Crippen LogP) is -0.942. The zero-order valence-electron chi connectivity index (χ0n) is 9.47. The average molecular weight is 501 g/mol. The van der Waals surface area contributed by atoms with Crippen LogP contribution in [0.15, 0.2) is 0 Å². The third-order valence-corrected chi connectivity index (χ3v) is 10.0. The van der Waals surface area contributed by atoms with Crippen LogP contribution in [-0.2, 0) is 20.0 Å². The van der Waals surface area contributed by atoms with Crippen LogP contribution < -0.4 is 29.6 Å². The zero-order chi connectivity index (χ0) is 13.5. The van der Waals surface area contributed by atoms with Crippen LogP contribution in [0.5, 0.6) is 0 Å². The molecule has 0 N–H and O–H groups in total. The minimum absolute atomic E-state index is 0. The van der Waals surface area contributed by atoms with Gasteiger partial charge in [0.15, 0.2) is 9.84 Å². The molecule has 0 bridgehead atoms. The Morgan fingerprint density at radius 3 is 1.83 bits per heavy atom. The van der Waals surface area contributed by atoms with Gasteiger partial charge in [0, 0.05) is 0 Å². The molecule has 0 amide bonds. The number of sulfone groups is 1. The van der Waals surface area contributed by atoms with E-state index in [0.29, 0.717) is 12.8 Å². The van der Waals surface area contributed by atoms with Crippen molar-refractivity contribution in [2.45, 2.75) is 37.7 Å². The Labute approximate surface area is 154 Å². The molecule has 2 unspecified atom stereocenters. The first-order chi connectivity index (χ1) is 7.46. The Morgan fingerprint density at radius 1 is 1.00 bits per heavy atom. The molecule has 0 radical (unpaired) electrons. The van der Waals surface area contributed by atoms with Crippen LogP contribution in [0.2, 0.25) is 0 Å². The quantitative estimate of drug-likeness (QED) is 0.277. The number of alkyl halides is 3. The summed E-state index contributed by atoms with van der Waals surface area (Å²) in [7, 11) is -8.07. The van der Waals surface area contributed by atoms with E-state index in [1.807, 2.05) is 0 Å². The van der Waals surface area contributed by atoms with Crippen LogP contribution in [-0.4, -0.2) is 33.4 Å². The van der Waals surface area contributed by atoms with Crippen molar-refractivity contribution in [1.82, 2.24) is 0 Å². The Hall–Kier alpha value is 2.30. The molecule has 1 aliphatic carbocycles. The zero-order valence-corrected chi connectivity index (χ0v) is 17.9. The van der Waals surface area contributed by atoms with E-state index in [2.05, 4.69) is 47.8 Å². The first-order valence-corrected chi connectivity index (χ1v) is 10.1. The summed E-state index contributed by atoms with van der Waals surface area (Å²) in [6.07, 6.45) is 0.869. The molecule has 0 saturated heterocycles. The van der Waals surface area contributed by atoms with Crippen molar-refractivity contribution >= 4 is 67.7 Å². The largest absolute Gasteiger partial charge is 1.00 e. The van der Waals surface area contributed by atoms with Crippen LogP contribution in [0.1, 0.15) is 25.7 Å². The standard InChI is InChI=1S/C7H11Br3O5S2.Na/c8-7(9,10)16(11,12)5-2-1-3-6(4-5)17(13,14)15;/h5-6H,1-4H2,(H,13,14,15);/q;+1/p-1. The van der Waals surface area contributed by atoms with E-state index in [1.54, 1.807) is 0 Å². The van der Waals surface area contributed by atoms with Gasteiger partial charge in [-0.1, -0.05) is 6.42 Å². The molecule has 102 valence electrons. The van der Waals surface area contributed by atoms with Crippen molar-refractivity contribution in [3.05, 3.63) is 0 Å². The third kappa shape index (κ3) is 4.94. The minimum atomic E-state index is -4.42. The van der Waals surface area contributed by atoms with Gasteiger partial charge in [0.05, 0.1) is 20.6 Å². The molecule has 11 heteroatoms. The van der Waals surface area contributed by atoms with Gasteiger partial charge in [-0.25, -0.2) is 16.8 Å². The molecule has 1 aliphatic rings. The van der Waals surface area contributed by atoms with Gasteiger partial charge in [0.25, 0.3) is 0 Å². The van der Waals surface area contributed by atoms with Crippen LogP contribution in [0.4, 0.5) is 0 Å². The van der Waals surface area contributed by atoms with E-state index in [-0.39, 0.29) is 42.4 Å². The van der Waals surface area contributed by atoms with Crippen LogP contribution in [0.25, 0.3) is 0 Å². The van der Waals surface area contributed by atoms with E-state index in [4.69, 9.17) is 0 Å². The van der Waals surface area contributed by atoms with Gasteiger partial charge in [-0.3, -0.25) is 0 Å². The summed E-state index contributed by atoms with van der Waals surface area (Å²) < 4.78 is 55.4. The summed E-state index contributed by atoms with van der Waals surface area (Å²) >= 11 is 8.77. The Morgan fingerprint density at radius 2 is 1.44 bits per heavy atom. The fourth-order valence-corrected chi connectivity index (χ4v) is 6.60. The maximum Gasteiger partial charge on any atom is 1.00 e. The molecule has 0 aromatic heterocycles. The van der Waals surface area contributed by atoms with Crippen molar-refractivity contribution in [3.63, 3.8) is 0 Å². The molecular formula is C7H10Br3NaO5S2. The number of halogens is 3. The summed E-state index contributed by atoms with van der Waals surface area (Å²) in [6, 6.07) is 0. The number of hydrogen-bond donors (Lipinski definition) is 0. The second kappa shape index (κ2) is 7.04. The molecule has 0 heterocycles. The first kappa shape index (κ1) is 20.3. The maximum atomic E-state index is 12.0. The number of hydrogen-bond acceptors (Lipinski definition) is 5. The molecule has 1 saturated carbocycles. The molecule has 1 rings (SSSR count). The average Bonchev–Trinajstić information content (AvgIpc) is 2.15. The third-order valence-electron chi connectivity index (χ3n) is 2.75. The molecule has 0 aliphatic heterocycles. The normalized spacial score (nSPS) is 26.4. The van der Waals surface area contributed by atoms with Crippen LogP contribution in [0.3, 0.4) is 0 Å². The number of rotatable bonds is 2. The van der Waals surface area contributed by atoms with E-state index >= 15 is 0 Å². The van der Waals surface area contributed by atoms with Crippen molar-refractivity contribution in [3.8, 4) is 0 Å². The molecule has 1 fully saturated rings. The topological polar surface area (TPSA) is 91.3 Å². The molecular weight excluding hydrogens is 491 g/mol. The molecule has 0 spiro atoms. The monoisotopic (exact) mass is 498 g/mol. The van der Waals surface area contributed by atoms with E-state index in [9.17, 15) is 21.4 Å². The maximum absolute atomic E-state index is 12.0. The molecule has 0 aromatic carbocycles. The summed E-state index contributed by atoms with van der Waals surface area (Å²) in [6.45, 7) is 0. The molecule has 2 atom stereocenters. The van der Waals surface area contributed by atoms with E-state index in [1.165, 1.54) is 0 Å². The van der Waals surface area contributed by atoms with E-state index < -0.39 is 31.9 Å². The van der Waals surface area contributed by atoms with Gasteiger partial charge in [-0.2, -0.15) is 0 Å². The Kier molecular flexibility index (Phi) is 7.94. The summed E-state index contributed by atoms with van der Waals surface area (Å²) in [5, 5.41) is -1.95. The van der Waals surface area contributed by atoms with Gasteiger partial charge >= 0.3 is 29.6 Å². The van der Waals surface area contributed by atoms with E-state index in [0.717, 1.165) is 0 Å². The van der Waals surface area contributed by atoms with Gasteiger partial charge in [-0.15, -0.1) is 0 Å². The van der Waals surface area contributed by atoms with Gasteiger partial charge in [0.2, 0.25) is 1.47 Å². The Balaban J connectivity index is 0.00000289. The molecule has 18 heavy (non-hydrogen) atoms. The second-order valence-corrected chi connectivity index (χ2v) is 16.3. The SMILES string of the molecule is O=S(=O)([O-])C1CCCC(S(=O)(=O)C(Br)(Br)Br)C1.[Na+]. The smallest absolute Gasteiger partial charge is 0.748 e. The van der Waals surface area contributed by atoms with Crippen LogP contribution >= 0.6 is 47.8 Å². The van der Waals surface area contributed by atoms with Gasteiger partial charge in [0.1, 0.15) is 0 Å². The fourth-order valence-electron chi connectivity index (χ4n) is 1.84. The van der Waals surface area contributed by atoms with Crippen molar-refractivity contribution in [2.24, 2.45) is 0 Å². The van der Waals surface area contributed by atoms with Crippen molar-refractivity contribution in [2.75, 3.05) is 0 Å². The van der Waals surface area contributed by atoms with Crippen LogP contribution in [0, 0.1) is 0 Å². The van der Waals surface area contributed by atoms with Crippen molar-refractivity contribution in [1.29, 1.82) is 0 Å².